The monoisotopic (exact) mass is 233 g/mol. The van der Waals surface area contributed by atoms with Gasteiger partial charge >= 0.3 is 0 Å². The van der Waals surface area contributed by atoms with E-state index >= 15 is 0 Å². The Kier molecular flexibility index (Phi) is 4.87. The van der Waals surface area contributed by atoms with Gasteiger partial charge in [0.15, 0.2) is 0 Å². The molecular formula is C15H23NO. The van der Waals surface area contributed by atoms with Crippen LogP contribution in [0.15, 0.2) is 24.3 Å². The minimum atomic E-state index is 0.527. The van der Waals surface area contributed by atoms with E-state index in [1.807, 2.05) is 0 Å². The van der Waals surface area contributed by atoms with Gasteiger partial charge in [0.2, 0.25) is 0 Å². The van der Waals surface area contributed by atoms with Gasteiger partial charge in [-0.2, -0.15) is 0 Å². The Labute approximate surface area is 104 Å². The van der Waals surface area contributed by atoms with Crippen LogP contribution < -0.4 is 5.32 Å². The van der Waals surface area contributed by atoms with Crippen molar-refractivity contribution < 1.29 is 4.74 Å². The van der Waals surface area contributed by atoms with Gasteiger partial charge in [-0.1, -0.05) is 19.1 Å². The van der Waals surface area contributed by atoms with Crippen molar-refractivity contribution in [2.75, 3.05) is 18.5 Å². The number of rotatable bonds is 6. The molecule has 2 heteroatoms. The number of ether oxygens (including phenoxy) is 1. The van der Waals surface area contributed by atoms with Crippen LogP contribution in [0, 0.1) is 0 Å². The van der Waals surface area contributed by atoms with Gasteiger partial charge in [-0.3, -0.25) is 0 Å². The van der Waals surface area contributed by atoms with Gasteiger partial charge < -0.3 is 10.1 Å². The summed E-state index contributed by atoms with van der Waals surface area (Å²) in [5.74, 6) is 0. The van der Waals surface area contributed by atoms with Crippen molar-refractivity contribution >= 4 is 5.69 Å². The summed E-state index contributed by atoms with van der Waals surface area (Å²) in [6, 6.07) is 8.69. The van der Waals surface area contributed by atoms with E-state index in [0.717, 1.165) is 19.6 Å². The highest BCUT2D eigenvalue weighted by atomic mass is 16.5. The fraction of sp³-hybridized carbons (Fsp3) is 0.600. The SMILES string of the molecule is CCc1cccc(NCCCC2CCCO2)c1. The normalized spacial score (nSPS) is 19.5. The zero-order valence-corrected chi connectivity index (χ0v) is 10.7. The van der Waals surface area contributed by atoms with Crippen LogP contribution in [0.25, 0.3) is 0 Å². The molecule has 0 saturated carbocycles. The molecule has 2 rings (SSSR count). The lowest BCUT2D eigenvalue weighted by Crippen LogP contribution is -2.09. The maximum Gasteiger partial charge on any atom is 0.0576 e. The Morgan fingerprint density at radius 3 is 3.12 bits per heavy atom. The van der Waals surface area contributed by atoms with Gasteiger partial charge in [-0.15, -0.1) is 0 Å². The van der Waals surface area contributed by atoms with E-state index in [2.05, 4.69) is 36.5 Å². The molecule has 0 bridgehead atoms. The second-order valence-corrected chi connectivity index (χ2v) is 4.76. The Hall–Kier alpha value is -1.02. The van der Waals surface area contributed by atoms with E-state index < -0.39 is 0 Å². The summed E-state index contributed by atoms with van der Waals surface area (Å²) in [5.41, 5.74) is 2.64. The molecule has 0 aromatic heterocycles. The van der Waals surface area contributed by atoms with E-state index in [1.165, 1.54) is 36.9 Å². The van der Waals surface area contributed by atoms with Gasteiger partial charge in [0.05, 0.1) is 6.10 Å². The summed E-state index contributed by atoms with van der Waals surface area (Å²) in [7, 11) is 0. The minimum Gasteiger partial charge on any atom is -0.385 e. The molecule has 0 spiro atoms. The lowest BCUT2D eigenvalue weighted by molar-refractivity contribution is 0.103. The number of nitrogens with one attached hydrogen (secondary N) is 1. The van der Waals surface area contributed by atoms with Crippen molar-refractivity contribution in [1.82, 2.24) is 0 Å². The summed E-state index contributed by atoms with van der Waals surface area (Å²) >= 11 is 0. The highest BCUT2D eigenvalue weighted by molar-refractivity contribution is 5.45. The maximum atomic E-state index is 5.61. The third-order valence-electron chi connectivity index (χ3n) is 3.39. The first-order valence-corrected chi connectivity index (χ1v) is 6.83. The third-order valence-corrected chi connectivity index (χ3v) is 3.39. The van der Waals surface area contributed by atoms with Crippen molar-refractivity contribution in [3.05, 3.63) is 29.8 Å². The number of hydrogen-bond donors (Lipinski definition) is 1. The third kappa shape index (κ3) is 4.04. The van der Waals surface area contributed by atoms with Gasteiger partial charge in [0.25, 0.3) is 0 Å². The van der Waals surface area contributed by atoms with Crippen LogP contribution in [0.2, 0.25) is 0 Å². The van der Waals surface area contributed by atoms with E-state index in [0.29, 0.717) is 6.10 Å². The first-order chi connectivity index (χ1) is 8.38. The fourth-order valence-corrected chi connectivity index (χ4v) is 2.34. The highest BCUT2D eigenvalue weighted by Crippen LogP contribution is 2.17. The standard InChI is InChI=1S/C15H23NO/c1-2-13-6-3-7-14(12-13)16-10-4-8-15-9-5-11-17-15/h3,6-7,12,15-16H,2,4-5,8-11H2,1H3. The predicted molar refractivity (Wildman–Crippen MR) is 72.5 cm³/mol. The largest absolute Gasteiger partial charge is 0.385 e. The van der Waals surface area contributed by atoms with Crippen LogP contribution in [0.1, 0.15) is 38.2 Å². The zero-order valence-electron chi connectivity index (χ0n) is 10.7. The molecule has 1 aromatic rings. The van der Waals surface area contributed by atoms with Crippen molar-refractivity contribution in [1.29, 1.82) is 0 Å². The molecule has 0 radical (unpaired) electrons. The summed E-state index contributed by atoms with van der Waals surface area (Å²) in [4.78, 5) is 0. The number of anilines is 1. The highest BCUT2D eigenvalue weighted by Gasteiger charge is 2.14. The Morgan fingerprint density at radius 2 is 2.35 bits per heavy atom. The Bertz CT molecular complexity index is 331. The number of hydrogen-bond acceptors (Lipinski definition) is 2. The quantitative estimate of drug-likeness (QED) is 0.758. The van der Waals surface area contributed by atoms with Crippen LogP contribution in [0.3, 0.4) is 0 Å². The summed E-state index contributed by atoms with van der Waals surface area (Å²) in [5, 5.41) is 3.49. The zero-order chi connectivity index (χ0) is 11.9. The van der Waals surface area contributed by atoms with Gasteiger partial charge in [-0.25, -0.2) is 0 Å². The molecule has 1 unspecified atom stereocenters. The maximum absolute atomic E-state index is 5.61. The van der Waals surface area contributed by atoms with E-state index in [-0.39, 0.29) is 0 Å². The minimum absolute atomic E-state index is 0.527. The molecule has 1 aliphatic heterocycles. The van der Waals surface area contributed by atoms with Crippen LogP contribution in [0.4, 0.5) is 5.69 Å². The van der Waals surface area contributed by atoms with E-state index in [9.17, 15) is 0 Å². The molecule has 1 heterocycles. The molecule has 1 fully saturated rings. The number of aryl methyl sites for hydroxylation is 1. The number of benzene rings is 1. The Balaban J connectivity index is 1.66. The van der Waals surface area contributed by atoms with Crippen LogP contribution in [-0.2, 0) is 11.2 Å². The molecular weight excluding hydrogens is 210 g/mol. The molecule has 1 atom stereocenters. The van der Waals surface area contributed by atoms with Crippen molar-refractivity contribution in [2.45, 2.75) is 45.1 Å². The molecule has 94 valence electrons. The van der Waals surface area contributed by atoms with Gasteiger partial charge in [-0.05, 0) is 49.8 Å². The fourth-order valence-electron chi connectivity index (χ4n) is 2.34. The van der Waals surface area contributed by atoms with Gasteiger partial charge in [0, 0.05) is 18.8 Å². The molecule has 1 N–H and O–H groups in total. The summed E-state index contributed by atoms with van der Waals surface area (Å²) in [6.45, 7) is 4.21. The lowest BCUT2D eigenvalue weighted by atomic mass is 10.1. The molecule has 1 aliphatic rings. The van der Waals surface area contributed by atoms with E-state index in [1.54, 1.807) is 0 Å². The first kappa shape index (κ1) is 12.4. The first-order valence-electron chi connectivity index (χ1n) is 6.83. The lowest BCUT2D eigenvalue weighted by Gasteiger charge is -2.10. The molecule has 17 heavy (non-hydrogen) atoms. The second-order valence-electron chi connectivity index (χ2n) is 4.76. The average molecular weight is 233 g/mol. The summed E-state index contributed by atoms with van der Waals surface area (Å²) < 4.78 is 5.61. The molecule has 2 nitrogen and oxygen atoms in total. The van der Waals surface area contributed by atoms with Crippen molar-refractivity contribution in [3.8, 4) is 0 Å². The topological polar surface area (TPSA) is 21.3 Å². The molecule has 1 saturated heterocycles. The van der Waals surface area contributed by atoms with Crippen LogP contribution in [0.5, 0.6) is 0 Å². The van der Waals surface area contributed by atoms with Crippen LogP contribution in [-0.4, -0.2) is 19.3 Å². The van der Waals surface area contributed by atoms with Crippen LogP contribution >= 0.6 is 0 Å². The Morgan fingerprint density at radius 1 is 1.41 bits per heavy atom. The summed E-state index contributed by atoms with van der Waals surface area (Å²) in [6.07, 6.45) is 6.52. The van der Waals surface area contributed by atoms with Crippen molar-refractivity contribution in [3.63, 3.8) is 0 Å². The predicted octanol–water partition coefficient (Wildman–Crippen LogP) is 3.62. The molecule has 1 aromatic carbocycles. The smallest absolute Gasteiger partial charge is 0.0576 e. The molecule has 0 amide bonds. The van der Waals surface area contributed by atoms with Crippen molar-refractivity contribution in [2.24, 2.45) is 0 Å². The average Bonchev–Trinajstić information content (AvgIpc) is 2.88. The molecule has 0 aliphatic carbocycles. The van der Waals surface area contributed by atoms with Gasteiger partial charge in [0.1, 0.15) is 0 Å². The van der Waals surface area contributed by atoms with E-state index in [4.69, 9.17) is 4.74 Å². The second kappa shape index (κ2) is 6.65.